The van der Waals surface area contributed by atoms with Crippen LogP contribution in [0.3, 0.4) is 0 Å². The predicted molar refractivity (Wildman–Crippen MR) is 69.1 cm³/mol. The average molecular weight is 238 g/mol. The smallest absolute Gasteiger partial charge is 0.0507 e. The van der Waals surface area contributed by atoms with E-state index in [9.17, 15) is 0 Å². The lowest BCUT2D eigenvalue weighted by atomic mass is 9.88. The van der Waals surface area contributed by atoms with E-state index in [0.29, 0.717) is 5.41 Å². The zero-order valence-corrected chi connectivity index (χ0v) is 11.1. The molecular formula is C14H26N2O. The minimum absolute atomic E-state index is 0.516. The Morgan fingerprint density at radius 2 is 2.24 bits per heavy atom. The number of hydrogen-bond donors (Lipinski definition) is 1. The number of nitrogens with zero attached hydrogens (tertiary/aromatic N) is 1. The first kappa shape index (κ1) is 11.9. The molecule has 3 nitrogen and oxygen atoms in total. The van der Waals surface area contributed by atoms with Gasteiger partial charge in [-0.1, -0.05) is 6.92 Å². The van der Waals surface area contributed by atoms with Gasteiger partial charge < -0.3 is 10.1 Å². The second-order valence-electron chi connectivity index (χ2n) is 6.63. The average Bonchev–Trinajstić information content (AvgIpc) is 2.88. The molecule has 3 rings (SSSR count). The monoisotopic (exact) mass is 238 g/mol. The van der Waals surface area contributed by atoms with Crippen LogP contribution in [-0.4, -0.2) is 50.3 Å². The number of rotatable bonds is 5. The van der Waals surface area contributed by atoms with E-state index in [1.165, 1.54) is 51.9 Å². The number of nitrogens with one attached hydrogen (secondary N) is 1. The van der Waals surface area contributed by atoms with Crippen LogP contribution in [0.4, 0.5) is 0 Å². The fourth-order valence-corrected chi connectivity index (χ4v) is 3.34. The van der Waals surface area contributed by atoms with Crippen molar-refractivity contribution in [3.05, 3.63) is 0 Å². The van der Waals surface area contributed by atoms with Crippen molar-refractivity contribution in [1.29, 1.82) is 0 Å². The molecule has 0 radical (unpaired) electrons. The molecule has 0 bridgehead atoms. The SMILES string of the molecule is CC1(CN(CC2CCOC2)C2CC2)CCNC1. The molecule has 0 aromatic heterocycles. The van der Waals surface area contributed by atoms with Gasteiger partial charge in [0.25, 0.3) is 0 Å². The molecule has 3 heteroatoms. The molecule has 3 aliphatic rings. The Morgan fingerprint density at radius 3 is 2.82 bits per heavy atom. The lowest BCUT2D eigenvalue weighted by Gasteiger charge is -2.33. The highest BCUT2D eigenvalue weighted by molar-refractivity contribution is 4.93. The van der Waals surface area contributed by atoms with Crippen LogP contribution < -0.4 is 5.32 Å². The molecule has 1 N–H and O–H groups in total. The van der Waals surface area contributed by atoms with Crippen molar-refractivity contribution in [2.75, 3.05) is 39.4 Å². The fraction of sp³-hybridized carbons (Fsp3) is 1.00. The maximum atomic E-state index is 5.51. The number of ether oxygens (including phenoxy) is 1. The summed E-state index contributed by atoms with van der Waals surface area (Å²) in [5.74, 6) is 0.800. The Balaban J connectivity index is 1.55. The molecule has 3 fully saturated rings. The Kier molecular flexibility index (Phi) is 3.42. The van der Waals surface area contributed by atoms with Crippen molar-refractivity contribution in [2.24, 2.45) is 11.3 Å². The maximum Gasteiger partial charge on any atom is 0.0507 e. The van der Waals surface area contributed by atoms with E-state index in [-0.39, 0.29) is 0 Å². The van der Waals surface area contributed by atoms with Crippen LogP contribution in [0.15, 0.2) is 0 Å². The van der Waals surface area contributed by atoms with Gasteiger partial charge in [-0.3, -0.25) is 4.90 Å². The van der Waals surface area contributed by atoms with Crippen molar-refractivity contribution < 1.29 is 4.74 Å². The quantitative estimate of drug-likeness (QED) is 0.785. The van der Waals surface area contributed by atoms with Gasteiger partial charge >= 0.3 is 0 Å². The van der Waals surface area contributed by atoms with Crippen molar-refractivity contribution in [2.45, 2.75) is 38.6 Å². The molecule has 1 saturated carbocycles. The van der Waals surface area contributed by atoms with Gasteiger partial charge in [0.2, 0.25) is 0 Å². The van der Waals surface area contributed by atoms with Crippen LogP contribution in [0.25, 0.3) is 0 Å². The maximum absolute atomic E-state index is 5.51. The summed E-state index contributed by atoms with van der Waals surface area (Å²) >= 11 is 0. The van der Waals surface area contributed by atoms with Crippen LogP contribution in [0, 0.1) is 11.3 Å². The largest absolute Gasteiger partial charge is 0.381 e. The highest BCUT2D eigenvalue weighted by Gasteiger charge is 2.37. The summed E-state index contributed by atoms with van der Waals surface area (Å²) in [4.78, 5) is 2.77. The van der Waals surface area contributed by atoms with Gasteiger partial charge in [0, 0.05) is 32.3 Å². The van der Waals surface area contributed by atoms with Crippen molar-refractivity contribution in [3.63, 3.8) is 0 Å². The summed E-state index contributed by atoms with van der Waals surface area (Å²) in [7, 11) is 0. The van der Waals surface area contributed by atoms with Gasteiger partial charge in [-0.2, -0.15) is 0 Å². The van der Waals surface area contributed by atoms with Gasteiger partial charge in [-0.05, 0) is 43.6 Å². The topological polar surface area (TPSA) is 24.5 Å². The van der Waals surface area contributed by atoms with Crippen LogP contribution in [-0.2, 0) is 4.74 Å². The number of hydrogen-bond acceptors (Lipinski definition) is 3. The van der Waals surface area contributed by atoms with Crippen molar-refractivity contribution in [1.82, 2.24) is 10.2 Å². The molecule has 0 aromatic carbocycles. The molecule has 1 aliphatic carbocycles. The lowest BCUT2D eigenvalue weighted by Crippen LogP contribution is -2.41. The summed E-state index contributed by atoms with van der Waals surface area (Å²) in [5.41, 5.74) is 0.516. The Hall–Kier alpha value is -0.120. The summed E-state index contributed by atoms with van der Waals surface area (Å²) in [6.07, 6.45) is 5.48. The molecule has 2 saturated heterocycles. The van der Waals surface area contributed by atoms with Gasteiger partial charge in [0.15, 0.2) is 0 Å². The molecule has 0 spiro atoms. The van der Waals surface area contributed by atoms with Gasteiger partial charge in [0.05, 0.1) is 6.61 Å². The lowest BCUT2D eigenvalue weighted by molar-refractivity contribution is 0.132. The highest BCUT2D eigenvalue weighted by Crippen LogP contribution is 2.34. The Bertz CT molecular complexity index is 253. The summed E-state index contributed by atoms with van der Waals surface area (Å²) < 4.78 is 5.51. The Morgan fingerprint density at radius 1 is 1.35 bits per heavy atom. The normalized spacial score (nSPS) is 38.1. The van der Waals surface area contributed by atoms with Gasteiger partial charge in [0.1, 0.15) is 0 Å². The second kappa shape index (κ2) is 4.87. The zero-order valence-electron chi connectivity index (χ0n) is 11.1. The Labute approximate surface area is 105 Å². The van der Waals surface area contributed by atoms with Crippen molar-refractivity contribution >= 4 is 0 Å². The molecule has 2 unspecified atom stereocenters. The summed E-state index contributed by atoms with van der Waals surface area (Å²) in [6.45, 7) is 9.42. The third-order valence-corrected chi connectivity index (χ3v) is 4.62. The molecule has 0 aromatic rings. The van der Waals surface area contributed by atoms with E-state index in [4.69, 9.17) is 4.74 Å². The first-order valence-electron chi connectivity index (χ1n) is 7.28. The minimum Gasteiger partial charge on any atom is -0.381 e. The second-order valence-corrected chi connectivity index (χ2v) is 6.63. The van der Waals surface area contributed by atoms with E-state index in [1.54, 1.807) is 0 Å². The molecule has 2 heterocycles. The minimum atomic E-state index is 0.516. The molecule has 2 aliphatic heterocycles. The van der Waals surface area contributed by atoms with Crippen molar-refractivity contribution in [3.8, 4) is 0 Å². The molecule has 2 atom stereocenters. The first-order valence-corrected chi connectivity index (χ1v) is 7.28. The summed E-state index contributed by atoms with van der Waals surface area (Å²) in [6, 6.07) is 0.896. The standard InChI is InChI=1S/C14H26N2O/c1-14(5-6-15-10-14)11-16(13-2-3-13)8-12-4-7-17-9-12/h12-13,15H,2-11H2,1H3. The zero-order chi connectivity index (χ0) is 11.7. The predicted octanol–water partition coefficient (Wildman–Crippen LogP) is 1.49. The third kappa shape index (κ3) is 3.01. The fourth-order valence-electron chi connectivity index (χ4n) is 3.34. The van der Waals surface area contributed by atoms with Crippen LogP contribution >= 0.6 is 0 Å². The van der Waals surface area contributed by atoms with E-state index < -0.39 is 0 Å². The van der Waals surface area contributed by atoms with Gasteiger partial charge in [-0.25, -0.2) is 0 Å². The highest BCUT2D eigenvalue weighted by atomic mass is 16.5. The molecule has 0 amide bonds. The van der Waals surface area contributed by atoms with E-state index in [0.717, 1.165) is 25.2 Å². The molecule has 98 valence electrons. The first-order chi connectivity index (χ1) is 8.25. The van der Waals surface area contributed by atoms with Gasteiger partial charge in [-0.15, -0.1) is 0 Å². The summed E-state index contributed by atoms with van der Waals surface area (Å²) in [5, 5.41) is 3.52. The van der Waals surface area contributed by atoms with E-state index >= 15 is 0 Å². The van der Waals surface area contributed by atoms with E-state index in [2.05, 4.69) is 17.1 Å². The third-order valence-electron chi connectivity index (χ3n) is 4.62. The van der Waals surface area contributed by atoms with E-state index in [1.807, 2.05) is 0 Å². The van der Waals surface area contributed by atoms with Crippen LogP contribution in [0.2, 0.25) is 0 Å². The molecule has 17 heavy (non-hydrogen) atoms. The van der Waals surface area contributed by atoms with Crippen LogP contribution in [0.5, 0.6) is 0 Å². The van der Waals surface area contributed by atoms with Crippen LogP contribution in [0.1, 0.15) is 32.6 Å². The molecular weight excluding hydrogens is 212 g/mol.